The molecule has 1 aliphatic heterocycles. The Labute approximate surface area is 163 Å². The van der Waals surface area contributed by atoms with Crippen LogP contribution < -0.4 is 0 Å². The number of benzene rings is 1. The van der Waals surface area contributed by atoms with Crippen LogP contribution in [0.1, 0.15) is 52.3 Å². The van der Waals surface area contributed by atoms with Crippen LogP contribution in [0, 0.1) is 11.8 Å². The van der Waals surface area contributed by atoms with Crippen LogP contribution in [0.15, 0.2) is 41.4 Å². The van der Waals surface area contributed by atoms with E-state index in [2.05, 4.69) is 18.9 Å². The largest absolute Gasteiger partial charge is 0.267 e. The van der Waals surface area contributed by atoms with Crippen LogP contribution in [0.25, 0.3) is 0 Å². The molecule has 0 radical (unpaired) electrons. The third-order valence-corrected chi connectivity index (χ3v) is 6.91. The van der Waals surface area contributed by atoms with E-state index in [1.54, 1.807) is 15.2 Å². The molecule has 0 saturated carbocycles. The van der Waals surface area contributed by atoms with Crippen LogP contribution in [0.4, 0.5) is 0 Å². The molecule has 0 bridgehead atoms. The summed E-state index contributed by atoms with van der Waals surface area (Å²) in [4.78, 5) is 0.354. The average molecular weight is 390 g/mol. The lowest BCUT2D eigenvalue weighted by atomic mass is 9.92. The highest BCUT2D eigenvalue weighted by atomic mass is 32.2. The minimum Gasteiger partial charge on any atom is -0.267 e. The molecule has 2 heterocycles. The molecule has 3 rings (SSSR count). The first-order chi connectivity index (χ1) is 12.6. The third-order valence-electron chi connectivity index (χ3n) is 5.08. The van der Waals surface area contributed by atoms with Gasteiger partial charge in [0.05, 0.1) is 12.2 Å². The highest BCUT2D eigenvalue weighted by Gasteiger charge is 2.37. The molecule has 5 nitrogen and oxygen atoms in total. The second-order valence-corrected chi connectivity index (χ2v) is 10.9. The van der Waals surface area contributed by atoms with Crippen molar-refractivity contribution < 1.29 is 8.42 Å². The van der Waals surface area contributed by atoms with E-state index in [9.17, 15) is 8.42 Å². The summed E-state index contributed by atoms with van der Waals surface area (Å²) in [6, 6.07) is 10.00. The Hall–Kier alpha value is -1.66. The third kappa shape index (κ3) is 4.43. The number of nitrogens with zero attached hydrogens (tertiary/aromatic N) is 3. The number of sulfonamides is 1. The normalized spacial score (nSPS) is 22.1. The zero-order valence-corrected chi connectivity index (χ0v) is 17.8. The lowest BCUT2D eigenvalue weighted by Gasteiger charge is -2.34. The Morgan fingerprint density at radius 1 is 1.07 bits per heavy atom. The summed E-state index contributed by atoms with van der Waals surface area (Å²) in [5.74, 6) is 0.752. The Bertz CT molecular complexity index is 872. The van der Waals surface area contributed by atoms with Gasteiger partial charge in [0, 0.05) is 24.7 Å². The first-order valence-corrected chi connectivity index (χ1v) is 11.1. The lowest BCUT2D eigenvalue weighted by Crippen LogP contribution is -2.43. The van der Waals surface area contributed by atoms with E-state index in [1.807, 2.05) is 51.1 Å². The second kappa shape index (κ2) is 7.40. The van der Waals surface area contributed by atoms with Crippen molar-refractivity contribution in [2.24, 2.45) is 11.8 Å². The highest BCUT2D eigenvalue weighted by molar-refractivity contribution is 7.89. The van der Waals surface area contributed by atoms with Crippen LogP contribution in [-0.2, 0) is 22.0 Å². The molecule has 1 fully saturated rings. The maximum absolute atomic E-state index is 13.5. The van der Waals surface area contributed by atoms with E-state index in [0.717, 1.165) is 12.0 Å². The molecule has 2 atom stereocenters. The summed E-state index contributed by atoms with van der Waals surface area (Å²) in [6.07, 6.45) is 2.79. The predicted octanol–water partition coefficient (Wildman–Crippen LogP) is 3.90. The van der Waals surface area contributed by atoms with Gasteiger partial charge in [0.2, 0.25) is 10.0 Å². The summed E-state index contributed by atoms with van der Waals surface area (Å²) in [6.45, 7) is 12.0. The van der Waals surface area contributed by atoms with E-state index in [0.29, 0.717) is 42.1 Å². The molecule has 0 aliphatic carbocycles. The smallest absolute Gasteiger partial charge is 0.246 e. The number of piperidine rings is 1. The van der Waals surface area contributed by atoms with Gasteiger partial charge in [-0.25, -0.2) is 8.42 Å². The molecule has 2 aromatic rings. The Kier molecular flexibility index (Phi) is 5.50. The minimum atomic E-state index is -3.56. The van der Waals surface area contributed by atoms with Gasteiger partial charge in [-0.3, -0.25) is 4.68 Å². The van der Waals surface area contributed by atoms with E-state index in [4.69, 9.17) is 0 Å². The molecule has 148 valence electrons. The molecule has 2 unspecified atom stereocenters. The topological polar surface area (TPSA) is 55.2 Å². The Morgan fingerprint density at radius 2 is 1.67 bits per heavy atom. The highest BCUT2D eigenvalue weighted by Crippen LogP contribution is 2.32. The van der Waals surface area contributed by atoms with Crippen molar-refractivity contribution in [2.45, 2.75) is 57.9 Å². The maximum atomic E-state index is 13.5. The SMILES string of the molecule is CC1CC(C)CN(S(=O)(=O)c2cn(Cc3ccccc3)nc2C(C)(C)C)C1. The molecular weight excluding hydrogens is 358 g/mol. The van der Waals surface area contributed by atoms with Gasteiger partial charge in [0.1, 0.15) is 4.90 Å². The van der Waals surface area contributed by atoms with Crippen molar-refractivity contribution in [3.05, 3.63) is 47.8 Å². The summed E-state index contributed by atoms with van der Waals surface area (Å²) in [5.41, 5.74) is 1.39. The molecular formula is C21H31N3O2S. The standard InChI is InChI=1S/C21H31N3O2S/c1-16-11-17(2)13-24(12-16)27(25,26)19-15-23(22-20(19)21(3,4)5)14-18-9-7-6-8-10-18/h6-10,15-17H,11-14H2,1-5H3. The fraction of sp³-hybridized carbons (Fsp3) is 0.571. The van der Waals surface area contributed by atoms with Crippen LogP contribution in [0.3, 0.4) is 0 Å². The average Bonchev–Trinajstić information content (AvgIpc) is 3.00. The molecule has 6 heteroatoms. The van der Waals surface area contributed by atoms with E-state index in [-0.39, 0.29) is 5.41 Å². The molecule has 0 spiro atoms. The van der Waals surface area contributed by atoms with E-state index >= 15 is 0 Å². The van der Waals surface area contributed by atoms with E-state index in [1.165, 1.54) is 0 Å². The first kappa shape index (κ1) is 20.1. The fourth-order valence-electron chi connectivity index (χ4n) is 3.90. The van der Waals surface area contributed by atoms with Gasteiger partial charge in [0.25, 0.3) is 0 Å². The summed E-state index contributed by atoms with van der Waals surface area (Å²) < 4.78 is 30.4. The molecule has 0 amide bonds. The zero-order chi connectivity index (χ0) is 19.8. The van der Waals surface area contributed by atoms with Gasteiger partial charge in [-0.2, -0.15) is 9.40 Å². The quantitative estimate of drug-likeness (QED) is 0.797. The number of aromatic nitrogens is 2. The van der Waals surface area contributed by atoms with Crippen LogP contribution >= 0.6 is 0 Å². The van der Waals surface area contributed by atoms with Crippen molar-refractivity contribution in [1.29, 1.82) is 0 Å². The number of hydrogen-bond acceptors (Lipinski definition) is 3. The predicted molar refractivity (Wildman–Crippen MR) is 108 cm³/mol. The van der Waals surface area contributed by atoms with Gasteiger partial charge in [-0.15, -0.1) is 0 Å². The lowest BCUT2D eigenvalue weighted by molar-refractivity contribution is 0.222. The van der Waals surface area contributed by atoms with Crippen molar-refractivity contribution >= 4 is 10.0 Å². The minimum absolute atomic E-state index is 0.350. The van der Waals surface area contributed by atoms with Crippen molar-refractivity contribution in [1.82, 2.24) is 14.1 Å². The fourth-order valence-corrected chi connectivity index (χ4v) is 5.93. The van der Waals surface area contributed by atoms with Gasteiger partial charge in [-0.05, 0) is 23.8 Å². The molecule has 1 saturated heterocycles. The molecule has 0 N–H and O–H groups in total. The number of hydrogen-bond donors (Lipinski definition) is 0. The Morgan fingerprint density at radius 3 is 2.22 bits per heavy atom. The van der Waals surface area contributed by atoms with Crippen molar-refractivity contribution in [3.63, 3.8) is 0 Å². The molecule has 1 aromatic carbocycles. The molecule has 27 heavy (non-hydrogen) atoms. The van der Waals surface area contributed by atoms with Crippen LogP contribution in [0.2, 0.25) is 0 Å². The maximum Gasteiger partial charge on any atom is 0.246 e. The summed E-state index contributed by atoms with van der Waals surface area (Å²) in [5, 5.41) is 4.69. The van der Waals surface area contributed by atoms with Crippen molar-refractivity contribution in [3.8, 4) is 0 Å². The number of rotatable bonds is 4. The van der Waals surface area contributed by atoms with Gasteiger partial charge < -0.3 is 0 Å². The van der Waals surface area contributed by atoms with Crippen LogP contribution in [-0.4, -0.2) is 35.6 Å². The summed E-state index contributed by atoms with van der Waals surface area (Å²) in [7, 11) is -3.56. The summed E-state index contributed by atoms with van der Waals surface area (Å²) >= 11 is 0. The monoisotopic (exact) mass is 389 g/mol. The van der Waals surface area contributed by atoms with Gasteiger partial charge in [-0.1, -0.05) is 65.0 Å². The Balaban J connectivity index is 2.00. The van der Waals surface area contributed by atoms with Crippen LogP contribution in [0.5, 0.6) is 0 Å². The van der Waals surface area contributed by atoms with Gasteiger partial charge in [0.15, 0.2) is 0 Å². The molecule has 1 aliphatic rings. The first-order valence-electron chi connectivity index (χ1n) is 9.69. The van der Waals surface area contributed by atoms with Gasteiger partial charge >= 0.3 is 0 Å². The zero-order valence-electron chi connectivity index (χ0n) is 17.0. The van der Waals surface area contributed by atoms with E-state index < -0.39 is 10.0 Å². The molecule has 1 aromatic heterocycles. The second-order valence-electron chi connectivity index (χ2n) is 9.04. The van der Waals surface area contributed by atoms with Crippen molar-refractivity contribution in [2.75, 3.05) is 13.1 Å².